The number of rotatable bonds is 11. The fraction of sp³-hybridized carbons (Fsp3) is 0.650. The quantitative estimate of drug-likeness (QED) is 0.380. The zero-order valence-corrected chi connectivity index (χ0v) is 16.0. The molecule has 0 heterocycles. The maximum Gasteiger partial charge on any atom is 0.193 e. The van der Waals surface area contributed by atoms with Gasteiger partial charge in [0.2, 0.25) is 0 Å². The predicted molar refractivity (Wildman–Crippen MR) is 103 cm³/mol. The number of guanidine groups is 1. The number of aliphatic imine (C=N–C) groups is 1. The van der Waals surface area contributed by atoms with E-state index in [4.69, 9.17) is 9.47 Å². The monoisotopic (exact) mass is 347 g/mol. The van der Waals surface area contributed by atoms with Crippen LogP contribution in [0.2, 0.25) is 0 Å². The number of methoxy groups -OCH3 is 1. The minimum atomic E-state index is 0.769. The summed E-state index contributed by atoms with van der Waals surface area (Å²) in [5, 5.41) is 3.44. The molecule has 25 heavy (non-hydrogen) atoms. The fourth-order valence-electron chi connectivity index (χ4n) is 2.67. The van der Waals surface area contributed by atoms with Gasteiger partial charge in [0.1, 0.15) is 5.75 Å². The molecule has 0 radical (unpaired) electrons. The standard InChI is InChI=1S/C20H33N3O2/c1-21-20(23(2)14-15-25-16-18-7-8-18)22-13-5-4-6-17-9-11-19(24-3)12-10-17/h9-12,18H,4-8,13-16H2,1-3H3,(H,21,22). The Labute approximate surface area is 152 Å². The topological polar surface area (TPSA) is 46.1 Å². The van der Waals surface area contributed by atoms with Gasteiger partial charge in [0.25, 0.3) is 0 Å². The van der Waals surface area contributed by atoms with E-state index < -0.39 is 0 Å². The molecule has 1 aliphatic rings. The van der Waals surface area contributed by atoms with Crippen LogP contribution in [0.25, 0.3) is 0 Å². The lowest BCUT2D eigenvalue weighted by atomic mass is 10.1. The molecule has 1 aromatic carbocycles. The van der Waals surface area contributed by atoms with E-state index in [0.29, 0.717) is 0 Å². The first-order valence-electron chi connectivity index (χ1n) is 9.35. The van der Waals surface area contributed by atoms with Crippen molar-refractivity contribution in [1.82, 2.24) is 10.2 Å². The molecule has 0 atom stereocenters. The van der Waals surface area contributed by atoms with Crippen LogP contribution >= 0.6 is 0 Å². The van der Waals surface area contributed by atoms with Crippen LogP contribution < -0.4 is 10.1 Å². The summed E-state index contributed by atoms with van der Waals surface area (Å²) < 4.78 is 10.9. The van der Waals surface area contributed by atoms with E-state index in [2.05, 4.69) is 34.4 Å². The highest BCUT2D eigenvalue weighted by molar-refractivity contribution is 5.79. The molecule has 5 nitrogen and oxygen atoms in total. The summed E-state index contributed by atoms with van der Waals surface area (Å²) in [6.07, 6.45) is 6.06. The molecule has 0 saturated heterocycles. The maximum atomic E-state index is 5.70. The van der Waals surface area contributed by atoms with Crippen LogP contribution in [0.5, 0.6) is 5.75 Å². The van der Waals surface area contributed by atoms with Crippen molar-refractivity contribution >= 4 is 5.96 Å². The molecule has 2 rings (SSSR count). The molecule has 0 spiro atoms. The predicted octanol–water partition coefficient (Wildman–Crippen LogP) is 2.95. The van der Waals surface area contributed by atoms with Crippen LogP contribution in [-0.4, -0.2) is 58.4 Å². The molecule has 0 amide bonds. The number of likely N-dealkylation sites (N-methyl/N-ethyl adjacent to an activating group) is 1. The number of benzene rings is 1. The molecule has 1 fully saturated rings. The van der Waals surface area contributed by atoms with Crippen LogP contribution in [0, 0.1) is 5.92 Å². The van der Waals surface area contributed by atoms with Crippen LogP contribution in [0.15, 0.2) is 29.3 Å². The first-order chi connectivity index (χ1) is 12.2. The van der Waals surface area contributed by atoms with E-state index in [-0.39, 0.29) is 0 Å². The van der Waals surface area contributed by atoms with E-state index >= 15 is 0 Å². The molecule has 1 aromatic rings. The molecular weight excluding hydrogens is 314 g/mol. The lowest BCUT2D eigenvalue weighted by Gasteiger charge is -2.22. The van der Waals surface area contributed by atoms with Crippen LogP contribution in [-0.2, 0) is 11.2 Å². The maximum absolute atomic E-state index is 5.70. The Balaban J connectivity index is 1.54. The van der Waals surface area contributed by atoms with Gasteiger partial charge in [-0.1, -0.05) is 12.1 Å². The highest BCUT2D eigenvalue weighted by Gasteiger charge is 2.21. The van der Waals surface area contributed by atoms with Gasteiger partial charge < -0.3 is 19.7 Å². The van der Waals surface area contributed by atoms with Crippen LogP contribution in [0.3, 0.4) is 0 Å². The summed E-state index contributed by atoms with van der Waals surface area (Å²) in [4.78, 5) is 6.49. The molecular formula is C20H33N3O2. The smallest absolute Gasteiger partial charge is 0.193 e. The van der Waals surface area contributed by atoms with Gasteiger partial charge in [-0.25, -0.2) is 0 Å². The third-order valence-electron chi connectivity index (χ3n) is 4.53. The number of nitrogens with zero attached hydrogens (tertiary/aromatic N) is 2. The number of hydrogen-bond acceptors (Lipinski definition) is 3. The fourth-order valence-corrected chi connectivity index (χ4v) is 2.67. The van der Waals surface area contributed by atoms with Crippen molar-refractivity contribution in [2.24, 2.45) is 10.9 Å². The molecule has 0 aromatic heterocycles. The first kappa shape index (κ1) is 19.6. The van der Waals surface area contributed by atoms with Crippen molar-refractivity contribution in [2.45, 2.75) is 32.1 Å². The van der Waals surface area contributed by atoms with E-state index in [1.165, 1.54) is 18.4 Å². The van der Waals surface area contributed by atoms with Crippen molar-refractivity contribution in [3.8, 4) is 5.75 Å². The van der Waals surface area contributed by atoms with Crippen molar-refractivity contribution in [3.05, 3.63) is 29.8 Å². The SMILES string of the molecule is CN=C(NCCCCc1ccc(OC)cc1)N(C)CCOCC1CC1. The normalized spacial score (nSPS) is 14.4. The van der Waals surface area contributed by atoms with Crippen molar-refractivity contribution in [2.75, 3.05) is 47.5 Å². The summed E-state index contributed by atoms with van der Waals surface area (Å²) in [6, 6.07) is 8.33. The second-order valence-corrected chi connectivity index (χ2v) is 6.72. The van der Waals surface area contributed by atoms with E-state index in [1.807, 2.05) is 19.2 Å². The zero-order chi connectivity index (χ0) is 17.9. The lowest BCUT2D eigenvalue weighted by Crippen LogP contribution is -2.41. The summed E-state index contributed by atoms with van der Waals surface area (Å²) in [7, 11) is 5.60. The average molecular weight is 348 g/mol. The van der Waals surface area contributed by atoms with Crippen LogP contribution in [0.4, 0.5) is 0 Å². The van der Waals surface area contributed by atoms with Crippen molar-refractivity contribution in [1.29, 1.82) is 0 Å². The van der Waals surface area contributed by atoms with Gasteiger partial charge in [0.05, 0.1) is 13.7 Å². The number of nitrogens with one attached hydrogen (secondary N) is 1. The Morgan fingerprint density at radius 2 is 2.00 bits per heavy atom. The highest BCUT2D eigenvalue weighted by Crippen LogP contribution is 2.28. The summed E-state index contributed by atoms with van der Waals surface area (Å²) in [5.41, 5.74) is 1.36. The molecule has 1 saturated carbocycles. The lowest BCUT2D eigenvalue weighted by molar-refractivity contribution is 0.115. The van der Waals surface area contributed by atoms with Crippen LogP contribution in [0.1, 0.15) is 31.2 Å². The van der Waals surface area contributed by atoms with Gasteiger partial charge in [-0.3, -0.25) is 4.99 Å². The van der Waals surface area contributed by atoms with Gasteiger partial charge >= 0.3 is 0 Å². The third-order valence-corrected chi connectivity index (χ3v) is 4.53. The van der Waals surface area contributed by atoms with Crippen molar-refractivity contribution < 1.29 is 9.47 Å². The second-order valence-electron chi connectivity index (χ2n) is 6.72. The Morgan fingerprint density at radius 1 is 1.24 bits per heavy atom. The third kappa shape index (κ3) is 7.78. The minimum absolute atomic E-state index is 0.769. The molecule has 5 heteroatoms. The summed E-state index contributed by atoms with van der Waals surface area (Å²) in [5.74, 6) is 2.69. The van der Waals surface area contributed by atoms with Gasteiger partial charge in [-0.05, 0) is 55.7 Å². The van der Waals surface area contributed by atoms with E-state index in [1.54, 1.807) is 7.11 Å². The first-order valence-corrected chi connectivity index (χ1v) is 9.35. The van der Waals surface area contributed by atoms with Crippen molar-refractivity contribution in [3.63, 3.8) is 0 Å². The minimum Gasteiger partial charge on any atom is -0.497 e. The Morgan fingerprint density at radius 3 is 2.64 bits per heavy atom. The Bertz CT molecular complexity index is 512. The molecule has 140 valence electrons. The Kier molecular flexibility index (Phi) is 8.60. The molecule has 1 aliphatic carbocycles. The molecule has 0 unspecified atom stereocenters. The number of ether oxygens (including phenoxy) is 2. The summed E-state index contributed by atoms with van der Waals surface area (Å²) >= 11 is 0. The summed E-state index contributed by atoms with van der Waals surface area (Å²) in [6.45, 7) is 3.50. The second kappa shape index (κ2) is 11.0. The van der Waals surface area contributed by atoms with Gasteiger partial charge in [-0.15, -0.1) is 0 Å². The van der Waals surface area contributed by atoms with Gasteiger partial charge in [-0.2, -0.15) is 0 Å². The number of unbranched alkanes of at least 4 members (excludes halogenated alkanes) is 1. The Hall–Kier alpha value is -1.75. The van der Waals surface area contributed by atoms with E-state index in [0.717, 1.165) is 63.2 Å². The van der Waals surface area contributed by atoms with Gasteiger partial charge in [0, 0.05) is 33.8 Å². The average Bonchev–Trinajstić information content (AvgIpc) is 3.46. The number of aryl methyl sites for hydroxylation is 1. The van der Waals surface area contributed by atoms with Gasteiger partial charge in [0.15, 0.2) is 5.96 Å². The highest BCUT2D eigenvalue weighted by atomic mass is 16.5. The number of hydrogen-bond donors (Lipinski definition) is 1. The molecule has 1 N–H and O–H groups in total. The largest absolute Gasteiger partial charge is 0.497 e. The molecule has 0 bridgehead atoms. The molecule has 0 aliphatic heterocycles. The van der Waals surface area contributed by atoms with E-state index in [9.17, 15) is 0 Å². The zero-order valence-electron chi connectivity index (χ0n) is 16.0.